The summed E-state index contributed by atoms with van der Waals surface area (Å²) in [4.78, 5) is 0. The molecule has 1 spiro atoms. The topological polar surface area (TPSA) is 53.7 Å². The third kappa shape index (κ3) is 3.30. The lowest BCUT2D eigenvalue weighted by Crippen LogP contribution is -2.48. The number of nitrogens with two attached hydrogens (primary N) is 1. The Morgan fingerprint density at radius 2 is 1.89 bits per heavy atom. The zero-order chi connectivity index (χ0) is 13.1. The molecule has 0 radical (unpaired) electrons. The van der Waals surface area contributed by atoms with Crippen molar-refractivity contribution in [1.82, 2.24) is 0 Å². The fourth-order valence-electron chi connectivity index (χ4n) is 3.87. The molecule has 0 saturated carbocycles. The minimum absolute atomic E-state index is 0.0744. The van der Waals surface area contributed by atoms with Gasteiger partial charge in [0.2, 0.25) is 0 Å². The van der Waals surface area contributed by atoms with Gasteiger partial charge in [-0.2, -0.15) is 0 Å². The maximum atomic E-state index is 6.48. The van der Waals surface area contributed by atoms with Crippen molar-refractivity contribution in [3.05, 3.63) is 0 Å². The van der Waals surface area contributed by atoms with Crippen LogP contribution in [0.3, 0.4) is 0 Å². The van der Waals surface area contributed by atoms with Crippen LogP contribution in [-0.4, -0.2) is 44.7 Å². The zero-order valence-electron chi connectivity index (χ0n) is 11.8. The van der Waals surface area contributed by atoms with E-state index in [-0.39, 0.29) is 5.60 Å². The molecule has 110 valence electrons. The van der Waals surface area contributed by atoms with Gasteiger partial charge >= 0.3 is 0 Å². The van der Waals surface area contributed by atoms with Crippen LogP contribution in [0.2, 0.25) is 0 Å². The van der Waals surface area contributed by atoms with Gasteiger partial charge in [0, 0.05) is 39.1 Å². The lowest BCUT2D eigenvalue weighted by Gasteiger charge is -2.45. The smallest absolute Gasteiger partial charge is 0.0729 e. The Hall–Kier alpha value is -0.160. The van der Waals surface area contributed by atoms with E-state index in [1.165, 1.54) is 6.42 Å². The molecule has 0 bridgehead atoms. The van der Waals surface area contributed by atoms with Crippen molar-refractivity contribution in [3.8, 4) is 0 Å². The third-order valence-corrected chi connectivity index (χ3v) is 5.17. The van der Waals surface area contributed by atoms with Gasteiger partial charge < -0.3 is 19.9 Å². The van der Waals surface area contributed by atoms with E-state index in [4.69, 9.17) is 19.9 Å². The van der Waals surface area contributed by atoms with Gasteiger partial charge in [-0.05, 0) is 50.4 Å². The van der Waals surface area contributed by atoms with Crippen molar-refractivity contribution in [2.45, 2.75) is 50.2 Å². The Bertz CT molecular complexity index is 280. The van der Waals surface area contributed by atoms with E-state index in [1.807, 2.05) is 0 Å². The predicted molar refractivity (Wildman–Crippen MR) is 73.0 cm³/mol. The first kappa shape index (κ1) is 13.8. The molecule has 0 amide bonds. The Morgan fingerprint density at radius 3 is 2.63 bits per heavy atom. The molecule has 3 rings (SSSR count). The Balaban J connectivity index is 1.54. The summed E-state index contributed by atoms with van der Waals surface area (Å²) in [7, 11) is 0. The Morgan fingerprint density at radius 1 is 1.05 bits per heavy atom. The molecule has 4 nitrogen and oxygen atoms in total. The van der Waals surface area contributed by atoms with E-state index in [0.29, 0.717) is 17.9 Å². The highest BCUT2D eigenvalue weighted by Gasteiger charge is 2.40. The predicted octanol–water partition coefficient (Wildman–Crippen LogP) is 1.72. The highest BCUT2D eigenvalue weighted by atomic mass is 16.5. The molecule has 19 heavy (non-hydrogen) atoms. The maximum Gasteiger partial charge on any atom is 0.0729 e. The van der Waals surface area contributed by atoms with Crippen LogP contribution in [-0.2, 0) is 14.2 Å². The first-order valence-corrected chi connectivity index (χ1v) is 7.82. The number of ether oxygens (including phenoxy) is 3. The van der Waals surface area contributed by atoms with Crippen molar-refractivity contribution >= 4 is 0 Å². The van der Waals surface area contributed by atoms with Gasteiger partial charge in [-0.1, -0.05) is 0 Å². The molecule has 4 heteroatoms. The average molecular weight is 269 g/mol. The van der Waals surface area contributed by atoms with Crippen LogP contribution in [0, 0.1) is 11.8 Å². The summed E-state index contributed by atoms with van der Waals surface area (Å²) in [5.74, 6) is 1.30. The van der Waals surface area contributed by atoms with E-state index in [0.717, 1.165) is 65.1 Å². The monoisotopic (exact) mass is 269 g/mol. The minimum Gasteiger partial charge on any atom is -0.381 e. The summed E-state index contributed by atoms with van der Waals surface area (Å²) < 4.78 is 17.0. The van der Waals surface area contributed by atoms with Crippen molar-refractivity contribution in [2.75, 3.05) is 33.0 Å². The molecule has 0 aromatic carbocycles. The van der Waals surface area contributed by atoms with Crippen molar-refractivity contribution in [3.63, 3.8) is 0 Å². The van der Waals surface area contributed by atoms with Gasteiger partial charge in [0.25, 0.3) is 0 Å². The number of hydrogen-bond donors (Lipinski definition) is 1. The second kappa shape index (κ2) is 6.08. The number of rotatable bonds is 3. The molecule has 3 atom stereocenters. The molecule has 3 fully saturated rings. The normalized spacial score (nSPS) is 36.5. The summed E-state index contributed by atoms with van der Waals surface area (Å²) in [5, 5.41) is 0. The quantitative estimate of drug-likeness (QED) is 0.847. The summed E-state index contributed by atoms with van der Waals surface area (Å²) in [5.41, 5.74) is 6.55. The second-order valence-electron chi connectivity index (χ2n) is 6.53. The van der Waals surface area contributed by atoms with Crippen LogP contribution < -0.4 is 5.73 Å². The molecule has 0 aromatic rings. The lowest BCUT2D eigenvalue weighted by molar-refractivity contribution is -0.149. The summed E-state index contributed by atoms with van der Waals surface area (Å²) >= 11 is 0. The van der Waals surface area contributed by atoms with E-state index in [1.54, 1.807) is 0 Å². The summed E-state index contributed by atoms with van der Waals surface area (Å²) in [6.07, 6.45) is 6.65. The van der Waals surface area contributed by atoms with Crippen LogP contribution in [0.4, 0.5) is 0 Å². The highest BCUT2D eigenvalue weighted by Crippen LogP contribution is 2.39. The van der Waals surface area contributed by atoms with E-state index < -0.39 is 0 Å². The standard InChI is InChI=1S/C15H27NO3/c16-14(9-12-1-5-18-11-12)13-2-6-19-15(10-13)3-7-17-8-4-15/h12-14H,1-11,16H2. The second-order valence-corrected chi connectivity index (χ2v) is 6.53. The SMILES string of the molecule is NC(CC1CCOC1)C1CCOC2(CCOCC2)C1. The molecule has 3 heterocycles. The van der Waals surface area contributed by atoms with Crippen LogP contribution in [0.1, 0.15) is 38.5 Å². The molecule has 3 aliphatic heterocycles. The lowest BCUT2D eigenvalue weighted by atomic mass is 9.76. The first-order valence-electron chi connectivity index (χ1n) is 7.82. The van der Waals surface area contributed by atoms with Gasteiger partial charge in [0.15, 0.2) is 0 Å². The third-order valence-electron chi connectivity index (χ3n) is 5.17. The molecule has 3 saturated heterocycles. The molecule has 3 unspecified atom stereocenters. The van der Waals surface area contributed by atoms with Gasteiger partial charge in [-0.15, -0.1) is 0 Å². The van der Waals surface area contributed by atoms with Crippen LogP contribution in [0.25, 0.3) is 0 Å². The van der Waals surface area contributed by atoms with Gasteiger partial charge in [0.1, 0.15) is 0 Å². The summed E-state index contributed by atoms with van der Waals surface area (Å²) in [6.45, 7) is 4.40. The average Bonchev–Trinajstić information content (AvgIpc) is 2.92. The van der Waals surface area contributed by atoms with Crippen LogP contribution >= 0.6 is 0 Å². The van der Waals surface area contributed by atoms with Crippen LogP contribution in [0.15, 0.2) is 0 Å². The fourth-order valence-corrected chi connectivity index (χ4v) is 3.87. The molecular formula is C15H27NO3. The van der Waals surface area contributed by atoms with Gasteiger partial charge in [-0.25, -0.2) is 0 Å². The number of hydrogen-bond acceptors (Lipinski definition) is 4. The Labute approximate surface area is 116 Å². The Kier molecular flexibility index (Phi) is 4.42. The van der Waals surface area contributed by atoms with Gasteiger partial charge in [-0.3, -0.25) is 0 Å². The van der Waals surface area contributed by atoms with Crippen LogP contribution in [0.5, 0.6) is 0 Å². The summed E-state index contributed by atoms with van der Waals surface area (Å²) in [6, 6.07) is 0.315. The minimum atomic E-state index is 0.0744. The molecule has 3 aliphatic rings. The van der Waals surface area contributed by atoms with E-state index in [9.17, 15) is 0 Å². The maximum absolute atomic E-state index is 6.48. The van der Waals surface area contributed by atoms with Crippen molar-refractivity contribution in [1.29, 1.82) is 0 Å². The van der Waals surface area contributed by atoms with Crippen molar-refractivity contribution in [2.24, 2.45) is 17.6 Å². The fraction of sp³-hybridized carbons (Fsp3) is 1.00. The van der Waals surface area contributed by atoms with Crippen molar-refractivity contribution < 1.29 is 14.2 Å². The van der Waals surface area contributed by atoms with E-state index >= 15 is 0 Å². The molecule has 0 aliphatic carbocycles. The molecular weight excluding hydrogens is 242 g/mol. The largest absolute Gasteiger partial charge is 0.381 e. The van der Waals surface area contributed by atoms with E-state index in [2.05, 4.69) is 0 Å². The first-order chi connectivity index (χ1) is 9.27. The highest BCUT2D eigenvalue weighted by molar-refractivity contribution is 4.92. The molecule has 0 aromatic heterocycles. The van der Waals surface area contributed by atoms with Gasteiger partial charge in [0.05, 0.1) is 5.60 Å². The molecule has 2 N–H and O–H groups in total. The zero-order valence-corrected chi connectivity index (χ0v) is 11.8.